The van der Waals surface area contributed by atoms with E-state index in [0.29, 0.717) is 28.8 Å². The van der Waals surface area contributed by atoms with Crippen molar-refractivity contribution in [1.29, 1.82) is 10.5 Å². The third-order valence-electron chi connectivity index (χ3n) is 9.15. The van der Waals surface area contributed by atoms with Crippen LogP contribution in [0.4, 0.5) is 14.5 Å². The number of pyridine rings is 2. The molecule has 5 heterocycles. The van der Waals surface area contributed by atoms with Crippen molar-refractivity contribution in [2.75, 3.05) is 50.5 Å². The summed E-state index contributed by atoms with van der Waals surface area (Å²) in [5.41, 5.74) is 3.17. The summed E-state index contributed by atoms with van der Waals surface area (Å²) in [6, 6.07) is 9.70. The van der Waals surface area contributed by atoms with E-state index < -0.39 is 23.6 Å². The van der Waals surface area contributed by atoms with Gasteiger partial charge in [-0.3, -0.25) is 9.78 Å². The molecule has 6 rings (SSSR count). The Kier molecular flexibility index (Phi) is 9.39. The van der Waals surface area contributed by atoms with Crippen molar-refractivity contribution in [3.8, 4) is 29.3 Å². The highest BCUT2D eigenvalue weighted by molar-refractivity contribution is 7.99. The van der Waals surface area contributed by atoms with Crippen molar-refractivity contribution >= 4 is 34.3 Å². The Labute approximate surface area is 271 Å². The number of carbonyl (C=O) groups excluding carboxylic acids is 1. The third-order valence-corrected chi connectivity index (χ3v) is 10.4. The Morgan fingerprint density at radius 3 is 2.78 bits per heavy atom. The van der Waals surface area contributed by atoms with E-state index >= 15 is 4.39 Å². The number of hydrogen-bond donors (Lipinski definition) is 0. The molecule has 238 valence electrons. The van der Waals surface area contributed by atoms with Gasteiger partial charge >= 0.3 is 0 Å². The lowest BCUT2D eigenvalue weighted by atomic mass is 10.00. The van der Waals surface area contributed by atoms with E-state index in [1.54, 1.807) is 18.0 Å². The molecule has 2 fully saturated rings. The maximum Gasteiger partial charge on any atom is 0.282 e. The standard InChI is InChI=1S/C34H35F2N7O2S/c1-21(35)34(44)43-16-15-42(19-23(43)10-12-37)31-26(11-13-38)33(45-20-24-8-4-14-41(24)2)40-30-27(31)18-39-29(28(30)36)25-9-3-6-22-7-5-17-46-32(22)25/h3,6,9,18,23-24H,1,4-5,7-8,10-11,14-17,19-20H2,2H3. The number of amides is 1. The highest BCUT2D eigenvalue weighted by Crippen LogP contribution is 2.43. The molecule has 9 nitrogen and oxygen atoms in total. The molecule has 0 bridgehead atoms. The molecule has 2 aromatic heterocycles. The maximum absolute atomic E-state index is 16.8. The van der Waals surface area contributed by atoms with Gasteiger partial charge in [0, 0.05) is 47.7 Å². The van der Waals surface area contributed by atoms with Crippen LogP contribution in [0.3, 0.4) is 0 Å². The van der Waals surface area contributed by atoms with E-state index in [1.807, 2.05) is 24.1 Å². The van der Waals surface area contributed by atoms with Crippen LogP contribution in [0.5, 0.6) is 5.88 Å². The number of rotatable bonds is 8. The zero-order valence-electron chi connectivity index (χ0n) is 25.8. The van der Waals surface area contributed by atoms with E-state index in [2.05, 4.69) is 34.7 Å². The monoisotopic (exact) mass is 643 g/mol. The Morgan fingerprint density at radius 1 is 1.20 bits per heavy atom. The number of thioether (sulfide) groups is 1. The minimum atomic E-state index is -1.09. The molecule has 3 aromatic rings. The van der Waals surface area contributed by atoms with Gasteiger partial charge in [0.05, 0.1) is 42.3 Å². The number of fused-ring (bicyclic) bond motifs is 2. The van der Waals surface area contributed by atoms with Crippen molar-refractivity contribution in [3.63, 3.8) is 0 Å². The van der Waals surface area contributed by atoms with Gasteiger partial charge in [-0.2, -0.15) is 10.5 Å². The fourth-order valence-electron chi connectivity index (χ4n) is 6.80. The van der Waals surface area contributed by atoms with Crippen LogP contribution < -0.4 is 9.64 Å². The maximum atomic E-state index is 16.8. The van der Waals surface area contributed by atoms with Gasteiger partial charge in [0.15, 0.2) is 11.6 Å². The number of hydrogen-bond acceptors (Lipinski definition) is 9. The van der Waals surface area contributed by atoms with Crippen LogP contribution in [0.1, 0.15) is 36.8 Å². The number of ether oxygens (including phenoxy) is 1. The molecule has 0 spiro atoms. The molecule has 0 aliphatic carbocycles. The summed E-state index contributed by atoms with van der Waals surface area (Å²) in [5.74, 6) is -1.41. The predicted octanol–water partition coefficient (Wildman–Crippen LogP) is 5.43. The van der Waals surface area contributed by atoms with E-state index in [1.165, 1.54) is 10.5 Å². The summed E-state index contributed by atoms with van der Waals surface area (Å²) in [6.07, 6.45) is 5.47. The molecule has 0 N–H and O–H groups in total. The third kappa shape index (κ3) is 6.00. The molecular formula is C34H35F2N7O2S. The molecule has 46 heavy (non-hydrogen) atoms. The van der Waals surface area contributed by atoms with Crippen LogP contribution in [-0.2, 0) is 17.6 Å². The molecule has 3 aliphatic heterocycles. The predicted molar refractivity (Wildman–Crippen MR) is 173 cm³/mol. The van der Waals surface area contributed by atoms with Gasteiger partial charge in [0.25, 0.3) is 5.91 Å². The molecule has 2 unspecified atom stereocenters. The highest BCUT2D eigenvalue weighted by Gasteiger charge is 2.35. The average Bonchev–Trinajstić information content (AvgIpc) is 3.48. The Hall–Kier alpha value is -4.26. The SMILES string of the molecule is C=C(F)C(=O)N1CCN(c2c(CC#N)c(OCC3CCCN3C)nc3c(F)c(-c4cccc5c4SCCC5)ncc23)CC1CC#N. The molecule has 0 radical (unpaired) electrons. The molecular weight excluding hydrogens is 608 g/mol. The number of anilines is 1. The number of halogens is 2. The summed E-state index contributed by atoms with van der Waals surface area (Å²) in [6.45, 7) is 4.93. The average molecular weight is 644 g/mol. The number of carbonyl (C=O) groups is 1. The summed E-state index contributed by atoms with van der Waals surface area (Å²) in [4.78, 5) is 28.5. The lowest BCUT2D eigenvalue weighted by Crippen LogP contribution is -2.55. The number of likely N-dealkylation sites (N-methyl/N-ethyl adjacent to an activating group) is 1. The normalized spacial score (nSPS) is 19.8. The lowest BCUT2D eigenvalue weighted by molar-refractivity contribution is -0.131. The number of piperazine rings is 1. The van der Waals surface area contributed by atoms with Crippen molar-refractivity contribution < 1.29 is 18.3 Å². The fourth-order valence-corrected chi connectivity index (χ4v) is 7.97. The molecule has 3 aliphatic rings. The summed E-state index contributed by atoms with van der Waals surface area (Å²) in [5, 5.41) is 19.9. The van der Waals surface area contributed by atoms with Crippen LogP contribution in [0.2, 0.25) is 0 Å². The number of benzene rings is 1. The fraction of sp³-hybridized carbons (Fsp3) is 0.441. The van der Waals surface area contributed by atoms with Crippen molar-refractivity contribution in [1.82, 2.24) is 19.8 Å². The van der Waals surface area contributed by atoms with Crippen LogP contribution >= 0.6 is 11.8 Å². The van der Waals surface area contributed by atoms with Crippen LogP contribution in [-0.4, -0.2) is 83.3 Å². The van der Waals surface area contributed by atoms with Gasteiger partial charge in [0.2, 0.25) is 5.88 Å². The zero-order chi connectivity index (χ0) is 32.4. The summed E-state index contributed by atoms with van der Waals surface area (Å²) in [7, 11) is 2.04. The second-order valence-electron chi connectivity index (χ2n) is 12.0. The first kappa shape index (κ1) is 31.7. The molecule has 12 heteroatoms. The van der Waals surface area contributed by atoms with E-state index in [0.717, 1.165) is 42.9 Å². The van der Waals surface area contributed by atoms with Crippen LogP contribution in [0.15, 0.2) is 41.7 Å². The van der Waals surface area contributed by atoms with Crippen molar-refractivity contribution in [2.45, 2.75) is 55.5 Å². The Bertz CT molecular complexity index is 1770. The van der Waals surface area contributed by atoms with E-state index in [4.69, 9.17) is 9.72 Å². The molecule has 2 saturated heterocycles. The molecule has 0 saturated carbocycles. The number of aryl methyl sites for hydroxylation is 1. The minimum absolute atomic E-state index is 0.0446. The first-order valence-corrected chi connectivity index (χ1v) is 16.5. The van der Waals surface area contributed by atoms with Gasteiger partial charge in [-0.1, -0.05) is 24.8 Å². The Morgan fingerprint density at radius 2 is 2.04 bits per heavy atom. The second kappa shape index (κ2) is 13.6. The second-order valence-corrected chi connectivity index (χ2v) is 13.1. The Balaban J connectivity index is 1.50. The van der Waals surface area contributed by atoms with Gasteiger partial charge < -0.3 is 19.4 Å². The summed E-state index contributed by atoms with van der Waals surface area (Å²) >= 11 is 1.70. The topological polar surface area (TPSA) is 109 Å². The van der Waals surface area contributed by atoms with Gasteiger partial charge in [0.1, 0.15) is 17.8 Å². The number of aromatic nitrogens is 2. The minimum Gasteiger partial charge on any atom is -0.476 e. The van der Waals surface area contributed by atoms with Crippen LogP contribution in [0.25, 0.3) is 22.2 Å². The van der Waals surface area contributed by atoms with E-state index in [9.17, 15) is 19.7 Å². The number of nitriles is 2. The molecule has 2 atom stereocenters. The quantitative estimate of drug-likeness (QED) is 0.297. The van der Waals surface area contributed by atoms with Crippen molar-refractivity contribution in [2.24, 2.45) is 0 Å². The van der Waals surface area contributed by atoms with Gasteiger partial charge in [-0.25, -0.2) is 13.8 Å². The largest absolute Gasteiger partial charge is 0.476 e. The molecule has 1 aromatic carbocycles. The molecule has 1 amide bonds. The first-order valence-electron chi connectivity index (χ1n) is 15.6. The van der Waals surface area contributed by atoms with Gasteiger partial charge in [-0.15, -0.1) is 11.8 Å². The van der Waals surface area contributed by atoms with Crippen LogP contribution in [0, 0.1) is 28.5 Å². The van der Waals surface area contributed by atoms with Gasteiger partial charge in [-0.05, 0) is 50.6 Å². The zero-order valence-corrected chi connectivity index (χ0v) is 26.6. The number of likely N-dealkylation sites (tertiary alicyclic amines) is 1. The first-order chi connectivity index (χ1) is 22.3. The summed E-state index contributed by atoms with van der Waals surface area (Å²) < 4.78 is 37.0. The lowest BCUT2D eigenvalue weighted by Gasteiger charge is -2.42. The van der Waals surface area contributed by atoms with E-state index in [-0.39, 0.29) is 55.6 Å². The van der Waals surface area contributed by atoms with Crippen molar-refractivity contribution in [3.05, 3.63) is 53.7 Å². The smallest absolute Gasteiger partial charge is 0.282 e. The highest BCUT2D eigenvalue weighted by atomic mass is 32.2. The number of nitrogens with zero attached hydrogens (tertiary/aromatic N) is 7.